The van der Waals surface area contributed by atoms with Crippen molar-refractivity contribution >= 4 is 9.24 Å². The Hall–Kier alpha value is 0.430. The molecule has 0 aromatic heterocycles. The Balaban J connectivity index is 3.31. The van der Waals surface area contributed by atoms with Crippen molar-refractivity contribution in [1.82, 2.24) is 0 Å². The summed E-state index contributed by atoms with van der Waals surface area (Å²) in [4.78, 5) is 0. The molecule has 0 heterocycles. The van der Waals surface area contributed by atoms with Crippen LogP contribution in [0.25, 0.3) is 0 Å². The van der Waals surface area contributed by atoms with E-state index >= 15 is 0 Å². The molecule has 0 fully saturated rings. The summed E-state index contributed by atoms with van der Waals surface area (Å²) in [6.07, 6.45) is 31.9. The maximum absolute atomic E-state index is 3.21. The maximum Gasteiger partial charge on any atom is -0.0127 e. The third-order valence-corrected chi connectivity index (χ3v) is 8.82. The summed E-state index contributed by atoms with van der Waals surface area (Å²) in [7, 11) is 3.21. The normalized spacial score (nSPS) is 13.1. The van der Waals surface area contributed by atoms with Gasteiger partial charge in [-0.05, 0) is 30.3 Å². The zero-order valence-corrected chi connectivity index (χ0v) is 22.4. The van der Waals surface area contributed by atoms with E-state index < -0.39 is 0 Å². The molecule has 176 valence electrons. The van der Waals surface area contributed by atoms with Gasteiger partial charge < -0.3 is 0 Å². The van der Waals surface area contributed by atoms with Crippen LogP contribution in [0, 0.1) is 5.92 Å². The molecule has 1 heteroatoms. The van der Waals surface area contributed by atoms with Crippen LogP contribution in [0.5, 0.6) is 0 Å². The fourth-order valence-electron chi connectivity index (χ4n) is 5.02. The van der Waals surface area contributed by atoms with Gasteiger partial charge >= 0.3 is 0 Å². The molecule has 0 aromatic carbocycles. The minimum atomic E-state index is 0.503. The fourth-order valence-corrected chi connectivity index (χ4v) is 5.42. The molecular formula is C28H59P. The van der Waals surface area contributed by atoms with Crippen molar-refractivity contribution in [2.75, 3.05) is 0 Å². The molecule has 0 amide bonds. The quantitative estimate of drug-likeness (QED) is 0.112. The lowest BCUT2D eigenvalue weighted by atomic mass is 9.81. The van der Waals surface area contributed by atoms with Gasteiger partial charge in [0.25, 0.3) is 0 Å². The van der Waals surface area contributed by atoms with Crippen LogP contribution in [0.3, 0.4) is 0 Å². The van der Waals surface area contributed by atoms with Crippen molar-refractivity contribution in [1.29, 1.82) is 0 Å². The Labute approximate surface area is 189 Å². The molecule has 0 aromatic rings. The predicted octanol–water partition coefficient (Wildman–Crippen LogP) is 10.9. The highest BCUT2D eigenvalue weighted by Gasteiger charge is 2.28. The molecular weight excluding hydrogens is 367 g/mol. The van der Waals surface area contributed by atoms with E-state index in [9.17, 15) is 0 Å². The molecule has 2 atom stereocenters. The topological polar surface area (TPSA) is 0 Å². The molecule has 0 bridgehead atoms. The van der Waals surface area contributed by atoms with Crippen molar-refractivity contribution in [3.8, 4) is 0 Å². The van der Waals surface area contributed by atoms with Gasteiger partial charge in [0, 0.05) is 0 Å². The van der Waals surface area contributed by atoms with Gasteiger partial charge in [0.15, 0.2) is 0 Å². The number of unbranched alkanes of at least 4 members (excludes halogenated alkanes) is 17. The molecule has 29 heavy (non-hydrogen) atoms. The lowest BCUT2D eigenvalue weighted by Crippen LogP contribution is -2.29. The van der Waals surface area contributed by atoms with E-state index in [4.69, 9.17) is 0 Å². The molecule has 0 aliphatic carbocycles. The first-order chi connectivity index (χ1) is 14.1. The van der Waals surface area contributed by atoms with Crippen molar-refractivity contribution in [2.24, 2.45) is 5.92 Å². The zero-order chi connectivity index (χ0) is 21.6. The van der Waals surface area contributed by atoms with E-state index in [1.807, 2.05) is 0 Å². The Kier molecular flexibility index (Phi) is 22.0. The standard InChI is InChI=1S/C28H59P/c1-5-9-10-11-12-13-14-15-16-17-18-19-20-21-22-23-24-25-26-27(6-2)28(29,7-3)8-4/h27H,5-26,29H2,1-4H3. The predicted molar refractivity (Wildman–Crippen MR) is 140 cm³/mol. The van der Waals surface area contributed by atoms with Crippen molar-refractivity contribution in [3.05, 3.63) is 0 Å². The lowest BCUT2D eigenvalue weighted by molar-refractivity contribution is 0.313. The Morgan fingerprint density at radius 3 is 1.07 bits per heavy atom. The van der Waals surface area contributed by atoms with Crippen molar-refractivity contribution < 1.29 is 0 Å². The SMILES string of the molecule is CCCCCCCCCCCCCCCCCCCCC(CC)C(P)(CC)CC. The molecule has 0 aliphatic heterocycles. The largest absolute Gasteiger partial charge is 0.131 e. The van der Waals surface area contributed by atoms with Gasteiger partial charge in [-0.2, -0.15) is 0 Å². The fraction of sp³-hybridized carbons (Fsp3) is 1.00. The Morgan fingerprint density at radius 1 is 0.483 bits per heavy atom. The maximum atomic E-state index is 3.21. The Bertz CT molecular complexity index is 307. The zero-order valence-electron chi connectivity index (χ0n) is 21.2. The number of hydrogen-bond donors (Lipinski definition) is 0. The second kappa shape index (κ2) is 21.7. The van der Waals surface area contributed by atoms with E-state index in [1.54, 1.807) is 0 Å². The third-order valence-electron chi connectivity index (χ3n) is 7.53. The first-order valence-corrected chi connectivity index (χ1v) is 14.5. The van der Waals surface area contributed by atoms with Gasteiger partial charge in [-0.3, -0.25) is 0 Å². The van der Waals surface area contributed by atoms with E-state index in [0.717, 1.165) is 5.92 Å². The molecule has 0 saturated heterocycles. The average Bonchev–Trinajstić information content (AvgIpc) is 2.75. The summed E-state index contributed by atoms with van der Waals surface area (Å²) in [6.45, 7) is 9.44. The summed E-state index contributed by atoms with van der Waals surface area (Å²) >= 11 is 0. The molecule has 0 saturated carbocycles. The second-order valence-electron chi connectivity index (χ2n) is 9.84. The number of rotatable bonds is 23. The minimum absolute atomic E-state index is 0.503. The summed E-state index contributed by atoms with van der Waals surface area (Å²) < 4.78 is 0. The highest BCUT2D eigenvalue weighted by atomic mass is 31.0. The molecule has 0 N–H and O–H groups in total. The van der Waals surface area contributed by atoms with Gasteiger partial charge in [-0.25, -0.2) is 0 Å². The van der Waals surface area contributed by atoms with Crippen LogP contribution in [0.2, 0.25) is 0 Å². The molecule has 2 unspecified atom stereocenters. The van der Waals surface area contributed by atoms with Gasteiger partial charge in [0.1, 0.15) is 0 Å². The van der Waals surface area contributed by atoms with Crippen LogP contribution in [0.1, 0.15) is 169 Å². The van der Waals surface area contributed by atoms with E-state index in [1.165, 1.54) is 141 Å². The first kappa shape index (κ1) is 29.4. The van der Waals surface area contributed by atoms with Gasteiger partial charge in [-0.15, -0.1) is 9.24 Å². The van der Waals surface area contributed by atoms with Crippen LogP contribution in [0.15, 0.2) is 0 Å². The van der Waals surface area contributed by atoms with Crippen molar-refractivity contribution in [3.63, 3.8) is 0 Å². The molecule has 0 radical (unpaired) electrons. The summed E-state index contributed by atoms with van der Waals surface area (Å²) in [5, 5.41) is 0.503. The van der Waals surface area contributed by atoms with Gasteiger partial charge in [-0.1, -0.05) is 150 Å². The van der Waals surface area contributed by atoms with Crippen LogP contribution < -0.4 is 0 Å². The van der Waals surface area contributed by atoms with Gasteiger partial charge in [0.05, 0.1) is 0 Å². The van der Waals surface area contributed by atoms with Gasteiger partial charge in [0.2, 0.25) is 0 Å². The molecule has 0 aliphatic rings. The molecule has 0 rings (SSSR count). The first-order valence-electron chi connectivity index (χ1n) is 13.9. The van der Waals surface area contributed by atoms with E-state index in [-0.39, 0.29) is 0 Å². The average molecular weight is 427 g/mol. The highest BCUT2D eigenvalue weighted by molar-refractivity contribution is 7.19. The summed E-state index contributed by atoms with van der Waals surface area (Å²) in [5.74, 6) is 0.906. The van der Waals surface area contributed by atoms with Crippen LogP contribution in [0.4, 0.5) is 0 Å². The summed E-state index contributed by atoms with van der Waals surface area (Å²) in [6, 6.07) is 0. The van der Waals surface area contributed by atoms with Crippen molar-refractivity contribution in [2.45, 2.75) is 174 Å². The highest BCUT2D eigenvalue weighted by Crippen LogP contribution is 2.39. The second-order valence-corrected chi connectivity index (χ2v) is 11.0. The third kappa shape index (κ3) is 16.8. The van der Waals surface area contributed by atoms with Crippen LogP contribution in [-0.2, 0) is 0 Å². The minimum Gasteiger partial charge on any atom is -0.131 e. The Morgan fingerprint density at radius 2 is 0.793 bits per heavy atom. The smallest absolute Gasteiger partial charge is 0.0127 e. The van der Waals surface area contributed by atoms with Crippen LogP contribution >= 0.6 is 9.24 Å². The van der Waals surface area contributed by atoms with Crippen LogP contribution in [-0.4, -0.2) is 5.16 Å². The molecule has 0 spiro atoms. The lowest BCUT2D eigenvalue weighted by Gasteiger charge is -2.36. The van der Waals surface area contributed by atoms with E-state index in [0.29, 0.717) is 5.16 Å². The number of hydrogen-bond acceptors (Lipinski definition) is 0. The monoisotopic (exact) mass is 426 g/mol. The van der Waals surface area contributed by atoms with E-state index in [2.05, 4.69) is 36.9 Å². The summed E-state index contributed by atoms with van der Waals surface area (Å²) in [5.41, 5.74) is 0. The molecule has 0 nitrogen and oxygen atoms in total.